The van der Waals surface area contributed by atoms with Crippen molar-refractivity contribution in [1.82, 2.24) is 4.98 Å². The zero-order chi connectivity index (χ0) is 19.5. The molecule has 138 valence electrons. The second kappa shape index (κ2) is 8.15. The predicted octanol–water partition coefficient (Wildman–Crippen LogP) is 7.04. The Labute approximate surface area is 176 Å². The Morgan fingerprint density at radius 1 is 0.821 bits per heavy atom. The zero-order valence-electron chi connectivity index (χ0n) is 14.5. The molecule has 0 aliphatic heterocycles. The molecule has 0 aliphatic rings. The number of benzene rings is 3. The molecule has 0 bridgehead atoms. The standard InChI is InChI=1S/C22H14Cl2N2OS/c23-18-11-10-17(12-19(18)24)21(27)26-22-25-20(13-28-22)16-8-6-15(7-9-16)14-4-2-1-3-5-14/h1-13H,(H,25,26,27). The van der Waals surface area contributed by atoms with Crippen LogP contribution in [-0.4, -0.2) is 10.9 Å². The molecule has 0 fully saturated rings. The summed E-state index contributed by atoms with van der Waals surface area (Å²) >= 11 is 13.2. The molecule has 3 aromatic carbocycles. The molecule has 4 rings (SSSR count). The molecule has 0 saturated carbocycles. The van der Waals surface area contributed by atoms with Gasteiger partial charge in [-0.15, -0.1) is 11.3 Å². The Hall–Kier alpha value is -2.66. The van der Waals surface area contributed by atoms with Crippen molar-refractivity contribution in [1.29, 1.82) is 0 Å². The van der Waals surface area contributed by atoms with Crippen LogP contribution in [0.5, 0.6) is 0 Å². The van der Waals surface area contributed by atoms with Gasteiger partial charge in [-0.1, -0.05) is 77.8 Å². The second-order valence-corrected chi connectivity index (χ2v) is 7.74. The molecule has 0 unspecified atom stereocenters. The highest BCUT2D eigenvalue weighted by Gasteiger charge is 2.11. The van der Waals surface area contributed by atoms with Crippen LogP contribution in [0, 0.1) is 0 Å². The van der Waals surface area contributed by atoms with E-state index in [-0.39, 0.29) is 5.91 Å². The highest BCUT2D eigenvalue weighted by atomic mass is 35.5. The van der Waals surface area contributed by atoms with Crippen molar-refractivity contribution < 1.29 is 4.79 Å². The minimum Gasteiger partial charge on any atom is -0.298 e. The average Bonchev–Trinajstić information content (AvgIpc) is 3.19. The quantitative estimate of drug-likeness (QED) is 0.381. The third kappa shape index (κ3) is 4.09. The van der Waals surface area contributed by atoms with Gasteiger partial charge in [0, 0.05) is 16.5 Å². The minimum atomic E-state index is -0.279. The van der Waals surface area contributed by atoms with Gasteiger partial charge in [0.25, 0.3) is 5.91 Å². The van der Waals surface area contributed by atoms with E-state index in [2.05, 4.69) is 34.6 Å². The molecule has 1 N–H and O–H groups in total. The number of hydrogen-bond acceptors (Lipinski definition) is 3. The molecule has 28 heavy (non-hydrogen) atoms. The predicted molar refractivity (Wildman–Crippen MR) is 117 cm³/mol. The number of nitrogens with zero attached hydrogens (tertiary/aromatic N) is 1. The molecule has 4 aromatic rings. The smallest absolute Gasteiger partial charge is 0.257 e. The molecule has 0 saturated heterocycles. The van der Waals surface area contributed by atoms with E-state index < -0.39 is 0 Å². The number of halogens is 2. The number of carbonyl (C=O) groups is 1. The average molecular weight is 425 g/mol. The van der Waals surface area contributed by atoms with E-state index in [1.807, 2.05) is 35.7 Å². The first-order valence-electron chi connectivity index (χ1n) is 8.48. The number of nitrogens with one attached hydrogen (secondary N) is 1. The summed E-state index contributed by atoms with van der Waals surface area (Å²) in [5.74, 6) is -0.279. The summed E-state index contributed by atoms with van der Waals surface area (Å²) in [5, 5.41) is 6.00. The fraction of sp³-hybridized carbons (Fsp3) is 0. The molecule has 6 heteroatoms. The summed E-state index contributed by atoms with van der Waals surface area (Å²) < 4.78 is 0. The van der Waals surface area contributed by atoms with Gasteiger partial charge in [-0.2, -0.15) is 0 Å². The van der Waals surface area contributed by atoms with Crippen molar-refractivity contribution in [3.63, 3.8) is 0 Å². The van der Waals surface area contributed by atoms with Crippen molar-refractivity contribution in [3.05, 3.63) is 93.8 Å². The van der Waals surface area contributed by atoms with E-state index in [9.17, 15) is 4.79 Å². The lowest BCUT2D eigenvalue weighted by Crippen LogP contribution is -2.11. The normalized spacial score (nSPS) is 10.6. The lowest BCUT2D eigenvalue weighted by Gasteiger charge is -2.04. The number of hydrogen-bond donors (Lipinski definition) is 1. The number of carbonyl (C=O) groups excluding carboxylic acids is 1. The summed E-state index contributed by atoms with van der Waals surface area (Å²) in [6.45, 7) is 0. The van der Waals surface area contributed by atoms with Gasteiger partial charge in [-0.25, -0.2) is 4.98 Å². The molecule has 0 atom stereocenters. The van der Waals surface area contributed by atoms with Gasteiger partial charge in [0.1, 0.15) is 0 Å². The summed E-state index contributed by atoms with van der Waals surface area (Å²) in [5.41, 5.74) is 4.55. The highest BCUT2D eigenvalue weighted by Crippen LogP contribution is 2.28. The number of thiazole rings is 1. The summed E-state index contributed by atoms with van der Waals surface area (Å²) in [4.78, 5) is 16.9. The van der Waals surface area contributed by atoms with Gasteiger partial charge in [0.05, 0.1) is 15.7 Å². The Bertz CT molecular complexity index is 1130. The Kier molecular flexibility index (Phi) is 5.44. The van der Waals surface area contributed by atoms with Crippen LogP contribution < -0.4 is 5.32 Å². The molecule has 1 heterocycles. The first kappa shape index (κ1) is 18.7. The fourth-order valence-corrected chi connectivity index (χ4v) is 3.75. The van der Waals surface area contributed by atoms with Crippen LogP contribution in [0.2, 0.25) is 10.0 Å². The van der Waals surface area contributed by atoms with Crippen molar-refractivity contribution in [2.75, 3.05) is 5.32 Å². The van der Waals surface area contributed by atoms with Gasteiger partial charge >= 0.3 is 0 Å². The summed E-state index contributed by atoms with van der Waals surface area (Å²) in [6, 6.07) is 23.2. The number of anilines is 1. The second-order valence-electron chi connectivity index (χ2n) is 6.06. The van der Waals surface area contributed by atoms with Crippen molar-refractivity contribution in [2.24, 2.45) is 0 Å². The monoisotopic (exact) mass is 424 g/mol. The van der Waals surface area contributed by atoms with E-state index in [0.717, 1.165) is 16.8 Å². The lowest BCUT2D eigenvalue weighted by atomic mass is 10.0. The van der Waals surface area contributed by atoms with Crippen molar-refractivity contribution in [3.8, 4) is 22.4 Å². The molecule has 1 aromatic heterocycles. The molecule has 0 radical (unpaired) electrons. The van der Waals surface area contributed by atoms with E-state index in [0.29, 0.717) is 20.7 Å². The van der Waals surface area contributed by atoms with E-state index in [1.54, 1.807) is 12.1 Å². The Morgan fingerprint density at radius 2 is 1.50 bits per heavy atom. The maximum Gasteiger partial charge on any atom is 0.257 e. The van der Waals surface area contributed by atoms with E-state index >= 15 is 0 Å². The molecule has 1 amide bonds. The van der Waals surface area contributed by atoms with E-state index in [1.165, 1.54) is 23.0 Å². The van der Waals surface area contributed by atoms with Gasteiger partial charge in [-0.05, 0) is 29.3 Å². The first-order chi connectivity index (χ1) is 13.6. The molecule has 3 nitrogen and oxygen atoms in total. The Morgan fingerprint density at radius 3 is 2.21 bits per heavy atom. The third-order valence-electron chi connectivity index (χ3n) is 4.19. The molecular weight excluding hydrogens is 411 g/mol. The SMILES string of the molecule is O=C(Nc1nc(-c2ccc(-c3ccccc3)cc2)cs1)c1ccc(Cl)c(Cl)c1. The van der Waals surface area contributed by atoms with Gasteiger partial charge < -0.3 is 0 Å². The number of aromatic nitrogens is 1. The third-order valence-corrected chi connectivity index (χ3v) is 5.69. The largest absolute Gasteiger partial charge is 0.298 e. The molecule has 0 spiro atoms. The minimum absolute atomic E-state index is 0.279. The van der Waals surface area contributed by atoms with Crippen LogP contribution in [0.1, 0.15) is 10.4 Å². The first-order valence-corrected chi connectivity index (χ1v) is 10.1. The van der Waals surface area contributed by atoms with Crippen molar-refractivity contribution in [2.45, 2.75) is 0 Å². The summed E-state index contributed by atoms with van der Waals surface area (Å²) in [6.07, 6.45) is 0. The van der Waals surface area contributed by atoms with Crippen LogP contribution >= 0.6 is 34.5 Å². The highest BCUT2D eigenvalue weighted by molar-refractivity contribution is 7.14. The number of amides is 1. The van der Waals surface area contributed by atoms with Crippen molar-refractivity contribution >= 4 is 45.6 Å². The Balaban J connectivity index is 1.49. The lowest BCUT2D eigenvalue weighted by molar-refractivity contribution is 0.102. The van der Waals surface area contributed by atoms with Crippen LogP contribution in [0.15, 0.2) is 78.2 Å². The maximum atomic E-state index is 12.4. The van der Waals surface area contributed by atoms with Gasteiger partial charge in [-0.3, -0.25) is 10.1 Å². The maximum absolute atomic E-state index is 12.4. The molecule has 0 aliphatic carbocycles. The molecular formula is C22H14Cl2N2OS. The van der Waals surface area contributed by atoms with Crippen LogP contribution in [0.3, 0.4) is 0 Å². The zero-order valence-corrected chi connectivity index (χ0v) is 16.9. The fourth-order valence-electron chi connectivity index (χ4n) is 2.73. The van der Waals surface area contributed by atoms with Gasteiger partial charge in [0.2, 0.25) is 0 Å². The number of rotatable bonds is 4. The summed E-state index contributed by atoms with van der Waals surface area (Å²) in [7, 11) is 0. The van der Waals surface area contributed by atoms with Crippen LogP contribution in [0.25, 0.3) is 22.4 Å². The van der Waals surface area contributed by atoms with E-state index in [4.69, 9.17) is 23.2 Å². The van der Waals surface area contributed by atoms with Gasteiger partial charge in [0.15, 0.2) is 5.13 Å². The topological polar surface area (TPSA) is 42.0 Å². The van der Waals surface area contributed by atoms with Crippen LogP contribution in [0.4, 0.5) is 5.13 Å². The van der Waals surface area contributed by atoms with Crippen LogP contribution in [-0.2, 0) is 0 Å².